The smallest absolute Gasteiger partial charge is 0.269 e. The van der Waals surface area contributed by atoms with Crippen LogP contribution in [0.2, 0.25) is 0 Å². The van der Waals surface area contributed by atoms with E-state index in [1.54, 1.807) is 23.9 Å². The van der Waals surface area contributed by atoms with E-state index in [-0.39, 0.29) is 10.6 Å². The van der Waals surface area contributed by atoms with Crippen molar-refractivity contribution in [3.05, 3.63) is 70.3 Å². The van der Waals surface area contributed by atoms with E-state index >= 15 is 0 Å². The Balaban J connectivity index is 1.63. The first-order chi connectivity index (χ1) is 11.2. The molecule has 0 bridgehead atoms. The van der Waals surface area contributed by atoms with Gasteiger partial charge < -0.3 is 9.47 Å². The average molecular weight is 331 g/mol. The number of nitro groups is 1. The number of benzene rings is 2. The molecule has 0 atom stereocenters. The van der Waals surface area contributed by atoms with Crippen molar-refractivity contribution >= 4 is 17.4 Å². The Labute approximate surface area is 138 Å². The fourth-order valence-electron chi connectivity index (χ4n) is 2.57. The molecule has 5 nitrogen and oxygen atoms in total. The van der Waals surface area contributed by atoms with Crippen molar-refractivity contribution in [3.8, 4) is 0 Å². The molecule has 2 aromatic rings. The van der Waals surface area contributed by atoms with Gasteiger partial charge in [-0.3, -0.25) is 10.1 Å². The lowest BCUT2D eigenvalue weighted by Crippen LogP contribution is -2.27. The maximum absolute atomic E-state index is 10.7. The second-order valence-electron chi connectivity index (χ2n) is 5.17. The van der Waals surface area contributed by atoms with Crippen LogP contribution in [0.3, 0.4) is 0 Å². The van der Waals surface area contributed by atoms with Crippen molar-refractivity contribution in [2.45, 2.75) is 17.1 Å². The van der Waals surface area contributed by atoms with E-state index < -0.39 is 5.79 Å². The third kappa shape index (κ3) is 3.72. The second kappa shape index (κ2) is 7.12. The number of ether oxygens (including phenoxy) is 2. The molecule has 0 aromatic heterocycles. The minimum absolute atomic E-state index is 0.109. The molecule has 3 rings (SSSR count). The highest BCUT2D eigenvalue weighted by molar-refractivity contribution is 7.99. The van der Waals surface area contributed by atoms with E-state index in [4.69, 9.17) is 9.47 Å². The number of rotatable bonds is 6. The molecule has 0 aliphatic carbocycles. The van der Waals surface area contributed by atoms with Gasteiger partial charge >= 0.3 is 0 Å². The van der Waals surface area contributed by atoms with Crippen molar-refractivity contribution in [2.75, 3.05) is 19.0 Å². The fourth-order valence-corrected chi connectivity index (χ4v) is 3.50. The van der Waals surface area contributed by atoms with Crippen molar-refractivity contribution in [3.63, 3.8) is 0 Å². The first kappa shape index (κ1) is 16.0. The van der Waals surface area contributed by atoms with Gasteiger partial charge in [-0.05, 0) is 12.1 Å². The number of hydrogen-bond acceptors (Lipinski definition) is 5. The Morgan fingerprint density at radius 3 is 2.30 bits per heavy atom. The van der Waals surface area contributed by atoms with Gasteiger partial charge in [0.1, 0.15) is 0 Å². The summed E-state index contributed by atoms with van der Waals surface area (Å²) in [5.74, 6) is 0.127. The predicted octanol–water partition coefficient (Wildman–Crippen LogP) is 3.98. The number of non-ortho nitro benzene ring substituents is 1. The van der Waals surface area contributed by atoms with E-state index in [0.29, 0.717) is 13.2 Å². The van der Waals surface area contributed by atoms with Crippen LogP contribution in [0.1, 0.15) is 12.0 Å². The van der Waals surface area contributed by atoms with Gasteiger partial charge in [0.25, 0.3) is 5.69 Å². The molecule has 120 valence electrons. The summed E-state index contributed by atoms with van der Waals surface area (Å²) < 4.78 is 11.8. The monoisotopic (exact) mass is 331 g/mol. The van der Waals surface area contributed by atoms with Gasteiger partial charge in [-0.1, -0.05) is 30.3 Å². The Kier molecular flexibility index (Phi) is 4.95. The van der Waals surface area contributed by atoms with Crippen molar-refractivity contribution in [1.82, 2.24) is 0 Å². The largest absolute Gasteiger partial charge is 0.343 e. The molecule has 1 saturated heterocycles. The molecular weight excluding hydrogens is 314 g/mol. The van der Waals surface area contributed by atoms with Gasteiger partial charge in [0.05, 0.1) is 18.1 Å². The lowest BCUT2D eigenvalue weighted by molar-refractivity contribution is -0.384. The van der Waals surface area contributed by atoms with E-state index in [9.17, 15) is 10.1 Å². The summed E-state index contributed by atoms with van der Waals surface area (Å²) in [5.41, 5.74) is 1.14. The molecule has 0 radical (unpaired) electrons. The van der Waals surface area contributed by atoms with Crippen molar-refractivity contribution in [1.29, 1.82) is 0 Å². The second-order valence-corrected chi connectivity index (χ2v) is 6.33. The molecule has 1 heterocycles. The van der Waals surface area contributed by atoms with Gasteiger partial charge in [-0.25, -0.2) is 0 Å². The Morgan fingerprint density at radius 1 is 1.04 bits per heavy atom. The lowest BCUT2D eigenvalue weighted by Gasteiger charge is -2.27. The molecule has 0 saturated carbocycles. The Hall–Kier alpha value is -1.89. The van der Waals surface area contributed by atoms with Gasteiger partial charge in [-0.2, -0.15) is 0 Å². The minimum atomic E-state index is -0.672. The first-order valence-corrected chi connectivity index (χ1v) is 8.39. The van der Waals surface area contributed by atoms with Crippen LogP contribution in [0.4, 0.5) is 5.69 Å². The molecule has 0 unspecified atom stereocenters. The molecule has 23 heavy (non-hydrogen) atoms. The third-order valence-corrected chi connectivity index (χ3v) is 4.73. The highest BCUT2D eigenvalue weighted by Gasteiger charge is 2.37. The first-order valence-electron chi connectivity index (χ1n) is 7.40. The normalized spacial score (nSPS) is 16.3. The van der Waals surface area contributed by atoms with Crippen LogP contribution in [0.15, 0.2) is 59.5 Å². The summed E-state index contributed by atoms with van der Waals surface area (Å²) in [6, 6.07) is 16.6. The van der Waals surface area contributed by atoms with Crippen LogP contribution in [-0.2, 0) is 15.3 Å². The van der Waals surface area contributed by atoms with Gasteiger partial charge in [0.15, 0.2) is 5.79 Å². The zero-order valence-corrected chi connectivity index (χ0v) is 13.3. The minimum Gasteiger partial charge on any atom is -0.343 e. The standard InChI is InChI=1S/C17H17NO4S/c19-18(20)15-6-8-16(9-7-15)23-13-10-17(21-11-12-22-17)14-4-2-1-3-5-14/h1-9H,10-13H2. The Bertz CT molecular complexity index is 654. The molecule has 0 spiro atoms. The summed E-state index contributed by atoms with van der Waals surface area (Å²) in [4.78, 5) is 11.3. The number of hydrogen-bond donors (Lipinski definition) is 0. The van der Waals surface area contributed by atoms with E-state index in [0.717, 1.165) is 22.6 Å². The summed E-state index contributed by atoms with van der Waals surface area (Å²) in [6.45, 7) is 1.19. The maximum atomic E-state index is 10.7. The van der Waals surface area contributed by atoms with Crippen LogP contribution in [0.25, 0.3) is 0 Å². The topological polar surface area (TPSA) is 61.6 Å². The summed E-state index contributed by atoms with van der Waals surface area (Å²) in [7, 11) is 0. The summed E-state index contributed by atoms with van der Waals surface area (Å²) in [5, 5.41) is 10.7. The highest BCUT2D eigenvalue weighted by Crippen LogP contribution is 2.36. The molecule has 6 heteroatoms. The SMILES string of the molecule is O=[N+]([O-])c1ccc(SCCC2(c3ccccc3)OCCO2)cc1. The lowest BCUT2D eigenvalue weighted by atomic mass is 10.0. The summed E-state index contributed by atoms with van der Waals surface area (Å²) in [6.07, 6.45) is 0.721. The highest BCUT2D eigenvalue weighted by atomic mass is 32.2. The van der Waals surface area contributed by atoms with Crippen LogP contribution >= 0.6 is 11.8 Å². The molecule has 1 fully saturated rings. The average Bonchev–Trinajstić information content (AvgIpc) is 3.06. The zero-order valence-electron chi connectivity index (χ0n) is 12.5. The fraction of sp³-hybridized carbons (Fsp3) is 0.294. The third-order valence-electron chi connectivity index (χ3n) is 3.71. The van der Waals surface area contributed by atoms with Crippen LogP contribution in [0.5, 0.6) is 0 Å². The Morgan fingerprint density at radius 2 is 1.70 bits per heavy atom. The quantitative estimate of drug-likeness (QED) is 0.455. The van der Waals surface area contributed by atoms with Crippen LogP contribution in [-0.4, -0.2) is 23.9 Å². The van der Waals surface area contributed by atoms with Crippen molar-refractivity contribution in [2.24, 2.45) is 0 Å². The van der Waals surface area contributed by atoms with Gasteiger partial charge in [0.2, 0.25) is 0 Å². The zero-order chi connectivity index (χ0) is 16.1. The number of thioether (sulfide) groups is 1. The van der Waals surface area contributed by atoms with Crippen LogP contribution < -0.4 is 0 Å². The maximum Gasteiger partial charge on any atom is 0.269 e. The molecule has 0 N–H and O–H groups in total. The molecule has 1 aliphatic rings. The number of nitrogens with zero attached hydrogens (tertiary/aromatic N) is 1. The predicted molar refractivity (Wildman–Crippen MR) is 88.5 cm³/mol. The van der Waals surface area contributed by atoms with Gasteiger partial charge in [-0.15, -0.1) is 11.8 Å². The van der Waals surface area contributed by atoms with Crippen molar-refractivity contribution < 1.29 is 14.4 Å². The summed E-state index contributed by atoms with van der Waals surface area (Å²) >= 11 is 1.64. The van der Waals surface area contributed by atoms with E-state index in [1.807, 2.05) is 30.3 Å². The van der Waals surface area contributed by atoms with Crippen LogP contribution in [0, 0.1) is 10.1 Å². The number of nitro benzene ring substituents is 1. The molecule has 1 aliphatic heterocycles. The molecule has 2 aromatic carbocycles. The molecule has 0 amide bonds. The van der Waals surface area contributed by atoms with E-state index in [2.05, 4.69) is 0 Å². The van der Waals surface area contributed by atoms with E-state index in [1.165, 1.54) is 12.1 Å². The van der Waals surface area contributed by atoms with Gasteiger partial charge in [0, 0.05) is 34.8 Å². The molecular formula is C17H17NO4S.